The van der Waals surface area contributed by atoms with Crippen molar-refractivity contribution >= 4 is 17.5 Å². The molecule has 1 amide bonds. The fraction of sp³-hybridized carbons (Fsp3) is 0.231. The third kappa shape index (κ3) is 2.90. The Morgan fingerprint density at radius 1 is 1.50 bits per heavy atom. The highest BCUT2D eigenvalue weighted by atomic mass is 35.5. The van der Waals surface area contributed by atoms with Crippen LogP contribution in [0.4, 0.5) is 0 Å². The van der Waals surface area contributed by atoms with Gasteiger partial charge in [0.05, 0.1) is 12.8 Å². The smallest absolute Gasteiger partial charge is 0.254 e. The fourth-order valence-electron chi connectivity index (χ4n) is 1.68. The third-order valence-electron chi connectivity index (χ3n) is 2.49. The van der Waals surface area contributed by atoms with Crippen LogP contribution in [0.3, 0.4) is 0 Å². The molecule has 0 fully saturated rings. The van der Waals surface area contributed by atoms with E-state index in [1.54, 1.807) is 43.3 Å². The zero-order valence-corrected chi connectivity index (χ0v) is 10.9. The predicted molar refractivity (Wildman–Crippen MR) is 68.5 cm³/mol. The molecule has 0 spiro atoms. The summed E-state index contributed by atoms with van der Waals surface area (Å²) in [5, 5.41) is 0.324. The fourth-order valence-corrected chi connectivity index (χ4v) is 1.93. The van der Waals surface area contributed by atoms with Gasteiger partial charge in [-0.2, -0.15) is 0 Å². The molecule has 5 heteroatoms. The summed E-state index contributed by atoms with van der Waals surface area (Å²) in [4.78, 5) is 17.8. The SMILES string of the molecule is Cc1cc(C(=O)N(C)Cc2ccco2)cc(Cl)n1. The van der Waals surface area contributed by atoms with Crippen molar-refractivity contribution < 1.29 is 9.21 Å². The van der Waals surface area contributed by atoms with Crippen molar-refractivity contribution in [1.82, 2.24) is 9.88 Å². The Morgan fingerprint density at radius 2 is 2.28 bits per heavy atom. The summed E-state index contributed by atoms with van der Waals surface area (Å²) in [6.07, 6.45) is 1.58. The number of pyridine rings is 1. The summed E-state index contributed by atoms with van der Waals surface area (Å²) in [7, 11) is 1.72. The van der Waals surface area contributed by atoms with Crippen LogP contribution in [-0.2, 0) is 6.54 Å². The summed E-state index contributed by atoms with van der Waals surface area (Å²) >= 11 is 5.84. The zero-order valence-electron chi connectivity index (χ0n) is 10.2. The Kier molecular flexibility index (Phi) is 3.67. The number of aryl methyl sites for hydroxylation is 1. The second kappa shape index (κ2) is 5.23. The van der Waals surface area contributed by atoms with E-state index in [4.69, 9.17) is 16.0 Å². The number of nitrogens with zero attached hydrogens (tertiary/aromatic N) is 2. The molecule has 0 aliphatic rings. The minimum Gasteiger partial charge on any atom is -0.467 e. The number of carbonyl (C=O) groups is 1. The van der Waals surface area contributed by atoms with Gasteiger partial charge in [-0.1, -0.05) is 11.6 Å². The quantitative estimate of drug-likeness (QED) is 0.801. The Balaban J connectivity index is 2.15. The van der Waals surface area contributed by atoms with Gasteiger partial charge in [0, 0.05) is 18.3 Å². The monoisotopic (exact) mass is 264 g/mol. The van der Waals surface area contributed by atoms with E-state index in [0.29, 0.717) is 17.3 Å². The van der Waals surface area contributed by atoms with Crippen LogP contribution in [0.15, 0.2) is 34.9 Å². The molecule has 0 bridgehead atoms. The molecule has 18 heavy (non-hydrogen) atoms. The summed E-state index contributed by atoms with van der Waals surface area (Å²) < 4.78 is 5.21. The molecule has 0 radical (unpaired) electrons. The molecule has 2 heterocycles. The Labute approximate surface area is 110 Å². The minimum atomic E-state index is -0.112. The second-order valence-electron chi connectivity index (χ2n) is 4.06. The van der Waals surface area contributed by atoms with Gasteiger partial charge >= 0.3 is 0 Å². The van der Waals surface area contributed by atoms with Gasteiger partial charge in [-0.3, -0.25) is 4.79 Å². The molecule has 94 valence electrons. The maximum absolute atomic E-state index is 12.2. The third-order valence-corrected chi connectivity index (χ3v) is 2.68. The second-order valence-corrected chi connectivity index (χ2v) is 4.45. The Bertz CT molecular complexity index is 532. The van der Waals surface area contributed by atoms with Gasteiger partial charge in [0.1, 0.15) is 10.9 Å². The van der Waals surface area contributed by atoms with Crippen molar-refractivity contribution in [1.29, 1.82) is 0 Å². The molecule has 0 saturated carbocycles. The van der Waals surface area contributed by atoms with Gasteiger partial charge in [-0.05, 0) is 31.2 Å². The van der Waals surface area contributed by atoms with Gasteiger partial charge in [-0.25, -0.2) is 4.98 Å². The number of hydrogen-bond acceptors (Lipinski definition) is 3. The van der Waals surface area contributed by atoms with Gasteiger partial charge in [0.25, 0.3) is 5.91 Å². The number of amides is 1. The summed E-state index contributed by atoms with van der Waals surface area (Å²) in [6.45, 7) is 2.22. The number of hydrogen-bond donors (Lipinski definition) is 0. The molecule has 2 aromatic heterocycles. The molecular weight excluding hydrogens is 252 g/mol. The molecule has 2 aromatic rings. The molecule has 4 nitrogen and oxygen atoms in total. The molecule has 0 N–H and O–H groups in total. The Morgan fingerprint density at radius 3 is 2.89 bits per heavy atom. The van der Waals surface area contributed by atoms with Crippen LogP contribution in [0.25, 0.3) is 0 Å². The van der Waals surface area contributed by atoms with E-state index in [0.717, 1.165) is 11.5 Å². The van der Waals surface area contributed by atoms with Crippen LogP contribution < -0.4 is 0 Å². The highest BCUT2D eigenvalue weighted by Crippen LogP contribution is 2.13. The summed E-state index contributed by atoms with van der Waals surface area (Å²) in [6, 6.07) is 6.90. The average molecular weight is 265 g/mol. The van der Waals surface area contributed by atoms with Crippen molar-refractivity contribution in [2.75, 3.05) is 7.05 Å². The highest BCUT2D eigenvalue weighted by Gasteiger charge is 2.14. The normalized spacial score (nSPS) is 10.4. The lowest BCUT2D eigenvalue weighted by Gasteiger charge is -2.16. The maximum Gasteiger partial charge on any atom is 0.254 e. The van der Waals surface area contributed by atoms with Gasteiger partial charge in [0.15, 0.2) is 0 Å². The van der Waals surface area contributed by atoms with Crippen LogP contribution in [0.2, 0.25) is 5.15 Å². The highest BCUT2D eigenvalue weighted by molar-refractivity contribution is 6.29. The molecule has 0 aliphatic carbocycles. The van der Waals surface area contributed by atoms with Crippen molar-refractivity contribution in [2.45, 2.75) is 13.5 Å². The van der Waals surface area contributed by atoms with E-state index in [1.165, 1.54) is 0 Å². The van der Waals surface area contributed by atoms with E-state index in [2.05, 4.69) is 4.98 Å². The van der Waals surface area contributed by atoms with E-state index in [-0.39, 0.29) is 5.91 Å². The molecule has 0 aromatic carbocycles. The van der Waals surface area contributed by atoms with Crippen molar-refractivity contribution in [2.24, 2.45) is 0 Å². The van der Waals surface area contributed by atoms with Gasteiger partial charge in [-0.15, -0.1) is 0 Å². The number of furan rings is 1. The van der Waals surface area contributed by atoms with Crippen molar-refractivity contribution in [3.05, 3.63) is 52.7 Å². The van der Waals surface area contributed by atoms with Crippen LogP contribution >= 0.6 is 11.6 Å². The van der Waals surface area contributed by atoms with Crippen LogP contribution in [-0.4, -0.2) is 22.8 Å². The number of aromatic nitrogens is 1. The predicted octanol–water partition coefficient (Wildman–Crippen LogP) is 2.91. The largest absolute Gasteiger partial charge is 0.467 e. The van der Waals surface area contributed by atoms with E-state index in [1.807, 2.05) is 6.07 Å². The van der Waals surface area contributed by atoms with Crippen molar-refractivity contribution in [3.63, 3.8) is 0 Å². The van der Waals surface area contributed by atoms with Crippen LogP contribution in [0.1, 0.15) is 21.8 Å². The van der Waals surface area contributed by atoms with E-state index in [9.17, 15) is 4.79 Å². The lowest BCUT2D eigenvalue weighted by Crippen LogP contribution is -2.26. The molecular formula is C13H13ClN2O2. The van der Waals surface area contributed by atoms with Crippen LogP contribution in [0, 0.1) is 6.92 Å². The first-order valence-corrected chi connectivity index (χ1v) is 5.86. The van der Waals surface area contributed by atoms with Gasteiger partial charge < -0.3 is 9.32 Å². The molecule has 0 unspecified atom stereocenters. The van der Waals surface area contributed by atoms with E-state index < -0.39 is 0 Å². The first kappa shape index (κ1) is 12.6. The standard InChI is InChI=1S/C13H13ClN2O2/c1-9-6-10(7-12(14)15-9)13(17)16(2)8-11-4-3-5-18-11/h3-7H,8H2,1-2H3. The Hall–Kier alpha value is -1.81. The minimum absolute atomic E-state index is 0.112. The van der Waals surface area contributed by atoms with Crippen LogP contribution in [0.5, 0.6) is 0 Å². The molecule has 0 atom stereocenters. The molecule has 0 saturated heterocycles. The lowest BCUT2D eigenvalue weighted by atomic mass is 10.2. The number of halogens is 1. The zero-order chi connectivity index (χ0) is 13.1. The number of rotatable bonds is 3. The topological polar surface area (TPSA) is 46.3 Å². The van der Waals surface area contributed by atoms with Crippen molar-refractivity contribution in [3.8, 4) is 0 Å². The summed E-state index contributed by atoms with van der Waals surface area (Å²) in [5.74, 6) is 0.626. The van der Waals surface area contributed by atoms with E-state index >= 15 is 0 Å². The summed E-state index contributed by atoms with van der Waals surface area (Å²) in [5.41, 5.74) is 1.25. The molecule has 0 aliphatic heterocycles. The maximum atomic E-state index is 12.2. The first-order chi connectivity index (χ1) is 8.56. The lowest BCUT2D eigenvalue weighted by molar-refractivity contribution is 0.0775. The van der Waals surface area contributed by atoms with Gasteiger partial charge in [0.2, 0.25) is 0 Å². The average Bonchev–Trinajstić information content (AvgIpc) is 2.79. The first-order valence-electron chi connectivity index (χ1n) is 5.48. The molecule has 2 rings (SSSR count). The number of carbonyl (C=O) groups excluding carboxylic acids is 1.